The number of benzene rings is 1. The van der Waals surface area contributed by atoms with E-state index in [4.69, 9.17) is 4.74 Å². The quantitative estimate of drug-likeness (QED) is 0.807. The third-order valence-electron chi connectivity index (χ3n) is 4.09. The molecule has 0 radical (unpaired) electrons. The lowest BCUT2D eigenvalue weighted by Crippen LogP contribution is -2.36. The second-order valence-electron chi connectivity index (χ2n) is 5.63. The van der Waals surface area contributed by atoms with Crippen molar-refractivity contribution in [2.45, 2.75) is 65.0 Å². The number of ether oxygens (including phenoxy) is 1. The van der Waals surface area contributed by atoms with Crippen molar-refractivity contribution in [1.82, 2.24) is 5.32 Å². The normalized spacial score (nSPS) is 15.6. The van der Waals surface area contributed by atoms with Gasteiger partial charge in [-0.3, -0.25) is 0 Å². The highest BCUT2D eigenvalue weighted by atomic mass is 16.5. The number of rotatable bonds is 7. The summed E-state index contributed by atoms with van der Waals surface area (Å²) in [4.78, 5) is 0. The van der Waals surface area contributed by atoms with Crippen LogP contribution in [0.15, 0.2) is 18.2 Å². The third-order valence-corrected chi connectivity index (χ3v) is 4.09. The Bertz CT molecular complexity index is 398. The summed E-state index contributed by atoms with van der Waals surface area (Å²) >= 11 is 0. The molecule has 1 unspecified atom stereocenters. The summed E-state index contributed by atoms with van der Waals surface area (Å²) in [6.07, 6.45) is 6.34. The summed E-state index contributed by atoms with van der Waals surface area (Å²) in [7, 11) is 0. The molecule has 0 heterocycles. The van der Waals surface area contributed by atoms with E-state index in [0.717, 1.165) is 12.3 Å². The molecular weight excluding hydrogens is 234 g/mol. The van der Waals surface area contributed by atoms with E-state index in [9.17, 15) is 0 Å². The molecule has 2 nitrogen and oxygen atoms in total. The lowest BCUT2D eigenvalue weighted by molar-refractivity contribution is 0.210. The van der Waals surface area contributed by atoms with E-state index in [2.05, 4.69) is 44.3 Å². The third kappa shape index (κ3) is 3.97. The van der Waals surface area contributed by atoms with Gasteiger partial charge in [0.1, 0.15) is 11.9 Å². The van der Waals surface area contributed by atoms with Crippen molar-refractivity contribution in [3.63, 3.8) is 0 Å². The van der Waals surface area contributed by atoms with Gasteiger partial charge in [0, 0.05) is 12.6 Å². The Hall–Kier alpha value is -1.02. The summed E-state index contributed by atoms with van der Waals surface area (Å²) in [5, 5.41) is 3.57. The standard InChI is InChI=1S/C17H27NO/c1-4-16(5-2)18-12-13(3)19-17-10-9-14-7-6-8-15(14)11-17/h9-11,13,16,18H,4-8,12H2,1-3H3. The molecule has 106 valence electrons. The maximum Gasteiger partial charge on any atom is 0.120 e. The zero-order chi connectivity index (χ0) is 13.7. The fraction of sp³-hybridized carbons (Fsp3) is 0.647. The van der Waals surface area contributed by atoms with Gasteiger partial charge in [-0.05, 0) is 62.3 Å². The minimum absolute atomic E-state index is 0.222. The Morgan fingerprint density at radius 2 is 1.89 bits per heavy atom. The van der Waals surface area contributed by atoms with Gasteiger partial charge in [0.25, 0.3) is 0 Å². The van der Waals surface area contributed by atoms with Crippen LogP contribution < -0.4 is 10.1 Å². The van der Waals surface area contributed by atoms with Gasteiger partial charge in [0.15, 0.2) is 0 Å². The first-order valence-electron chi connectivity index (χ1n) is 7.74. The summed E-state index contributed by atoms with van der Waals surface area (Å²) < 4.78 is 6.02. The van der Waals surface area contributed by atoms with Crippen LogP contribution in [-0.4, -0.2) is 18.7 Å². The first-order chi connectivity index (χ1) is 9.22. The number of aryl methyl sites for hydroxylation is 2. The van der Waals surface area contributed by atoms with Crippen molar-refractivity contribution in [3.8, 4) is 5.75 Å². The van der Waals surface area contributed by atoms with Crippen LogP contribution in [-0.2, 0) is 12.8 Å². The first-order valence-corrected chi connectivity index (χ1v) is 7.74. The van der Waals surface area contributed by atoms with Gasteiger partial charge in [0.05, 0.1) is 0 Å². The number of hydrogen-bond donors (Lipinski definition) is 1. The van der Waals surface area contributed by atoms with Crippen molar-refractivity contribution in [3.05, 3.63) is 29.3 Å². The van der Waals surface area contributed by atoms with Crippen LogP contribution >= 0.6 is 0 Å². The Balaban J connectivity index is 1.83. The molecule has 0 aliphatic heterocycles. The lowest BCUT2D eigenvalue weighted by atomic mass is 10.1. The molecule has 0 saturated heterocycles. The van der Waals surface area contributed by atoms with Crippen molar-refractivity contribution in [1.29, 1.82) is 0 Å². The first kappa shape index (κ1) is 14.4. The largest absolute Gasteiger partial charge is 0.489 e. The van der Waals surface area contributed by atoms with E-state index < -0.39 is 0 Å². The van der Waals surface area contributed by atoms with Gasteiger partial charge in [-0.15, -0.1) is 0 Å². The van der Waals surface area contributed by atoms with Gasteiger partial charge >= 0.3 is 0 Å². The fourth-order valence-corrected chi connectivity index (χ4v) is 2.81. The second kappa shape index (κ2) is 6.95. The average molecular weight is 261 g/mol. The summed E-state index contributed by atoms with van der Waals surface area (Å²) in [5.41, 5.74) is 2.99. The molecule has 1 aliphatic carbocycles. The van der Waals surface area contributed by atoms with E-state index >= 15 is 0 Å². The van der Waals surface area contributed by atoms with Gasteiger partial charge in [-0.2, -0.15) is 0 Å². The molecule has 1 aliphatic rings. The zero-order valence-electron chi connectivity index (χ0n) is 12.5. The monoisotopic (exact) mass is 261 g/mol. The molecule has 1 N–H and O–H groups in total. The Labute approximate surface area is 117 Å². The molecule has 1 aromatic carbocycles. The molecule has 2 heteroatoms. The topological polar surface area (TPSA) is 21.3 Å². The Morgan fingerprint density at radius 3 is 2.63 bits per heavy atom. The highest BCUT2D eigenvalue weighted by molar-refractivity contribution is 5.38. The smallest absolute Gasteiger partial charge is 0.120 e. The van der Waals surface area contributed by atoms with Crippen LogP contribution in [0.5, 0.6) is 5.75 Å². The molecule has 2 rings (SSSR count). The summed E-state index contributed by atoms with van der Waals surface area (Å²) in [5.74, 6) is 1.03. The zero-order valence-corrected chi connectivity index (χ0v) is 12.5. The number of nitrogens with one attached hydrogen (secondary N) is 1. The van der Waals surface area contributed by atoms with Crippen molar-refractivity contribution >= 4 is 0 Å². The second-order valence-corrected chi connectivity index (χ2v) is 5.63. The molecule has 0 saturated carbocycles. The lowest BCUT2D eigenvalue weighted by Gasteiger charge is -2.20. The SMILES string of the molecule is CCC(CC)NCC(C)Oc1ccc2c(c1)CCC2. The van der Waals surface area contributed by atoms with Crippen molar-refractivity contribution < 1.29 is 4.74 Å². The van der Waals surface area contributed by atoms with E-state index in [1.807, 2.05) is 0 Å². The highest BCUT2D eigenvalue weighted by Gasteiger charge is 2.13. The van der Waals surface area contributed by atoms with Crippen LogP contribution in [0.4, 0.5) is 0 Å². The maximum atomic E-state index is 6.02. The average Bonchev–Trinajstić information content (AvgIpc) is 2.87. The van der Waals surface area contributed by atoms with Gasteiger partial charge in [-0.1, -0.05) is 19.9 Å². The molecule has 1 aromatic rings. The van der Waals surface area contributed by atoms with Crippen molar-refractivity contribution in [2.75, 3.05) is 6.54 Å². The van der Waals surface area contributed by atoms with Crippen LogP contribution in [0.1, 0.15) is 51.2 Å². The molecule has 0 amide bonds. The predicted octanol–water partition coefficient (Wildman–Crippen LogP) is 3.72. The molecular formula is C17H27NO. The number of hydrogen-bond acceptors (Lipinski definition) is 2. The van der Waals surface area contributed by atoms with E-state index in [-0.39, 0.29) is 6.10 Å². The summed E-state index contributed by atoms with van der Waals surface area (Å²) in [6, 6.07) is 7.21. The molecule has 0 aromatic heterocycles. The Morgan fingerprint density at radius 1 is 1.16 bits per heavy atom. The van der Waals surface area contributed by atoms with Gasteiger partial charge in [-0.25, -0.2) is 0 Å². The van der Waals surface area contributed by atoms with Crippen molar-refractivity contribution in [2.24, 2.45) is 0 Å². The minimum Gasteiger partial charge on any atom is -0.489 e. The molecule has 0 bridgehead atoms. The van der Waals surface area contributed by atoms with E-state index in [1.165, 1.54) is 43.2 Å². The molecule has 0 spiro atoms. The van der Waals surface area contributed by atoms with Crippen LogP contribution in [0.3, 0.4) is 0 Å². The molecule has 19 heavy (non-hydrogen) atoms. The van der Waals surface area contributed by atoms with Crippen LogP contribution in [0.25, 0.3) is 0 Å². The molecule has 0 fully saturated rings. The fourth-order valence-electron chi connectivity index (χ4n) is 2.81. The molecule has 1 atom stereocenters. The number of fused-ring (bicyclic) bond motifs is 1. The van der Waals surface area contributed by atoms with Gasteiger partial charge in [0.2, 0.25) is 0 Å². The van der Waals surface area contributed by atoms with E-state index in [0.29, 0.717) is 6.04 Å². The highest BCUT2D eigenvalue weighted by Crippen LogP contribution is 2.26. The Kier molecular flexibility index (Phi) is 5.26. The summed E-state index contributed by atoms with van der Waals surface area (Å²) in [6.45, 7) is 7.52. The van der Waals surface area contributed by atoms with E-state index in [1.54, 1.807) is 0 Å². The van der Waals surface area contributed by atoms with Gasteiger partial charge < -0.3 is 10.1 Å². The van der Waals surface area contributed by atoms with Crippen LogP contribution in [0.2, 0.25) is 0 Å². The minimum atomic E-state index is 0.222. The van der Waals surface area contributed by atoms with Crippen LogP contribution in [0, 0.1) is 0 Å². The maximum absolute atomic E-state index is 6.02. The predicted molar refractivity (Wildman–Crippen MR) is 80.9 cm³/mol.